The fourth-order valence-corrected chi connectivity index (χ4v) is 1.16. The topological polar surface area (TPSA) is 66.0 Å². The first-order chi connectivity index (χ1) is 5.22. The van der Waals surface area contributed by atoms with Gasteiger partial charge in [-0.25, -0.2) is 0 Å². The molecule has 1 aromatic rings. The first-order valence-corrected chi connectivity index (χ1v) is 3.20. The van der Waals surface area contributed by atoms with Crippen molar-refractivity contribution in [3.63, 3.8) is 0 Å². The number of hydrogen-bond donors (Lipinski definition) is 2. The Bertz CT molecular complexity index is 362. The number of H-pyrrole nitrogens is 1. The molecule has 2 N–H and O–H groups in total. The fraction of sp³-hybridized carbons (Fsp3) is 0.143. The third-order valence-electron chi connectivity index (χ3n) is 1.83. The molecule has 1 heterocycles. The van der Waals surface area contributed by atoms with E-state index in [4.69, 9.17) is 5.11 Å². The molecule has 0 saturated carbocycles. The molecule has 0 atom stereocenters. The van der Waals surface area contributed by atoms with Crippen LogP contribution in [0.2, 0.25) is 0 Å². The van der Waals surface area contributed by atoms with E-state index in [1.54, 1.807) is 6.92 Å². The van der Waals surface area contributed by atoms with E-state index < -0.39 is 0 Å². The Morgan fingerprint density at radius 2 is 2.36 bits per heavy atom. The van der Waals surface area contributed by atoms with E-state index in [-0.39, 0.29) is 11.5 Å². The molecule has 4 heteroatoms. The summed E-state index contributed by atoms with van der Waals surface area (Å²) in [6.45, 7) is 1.68. The molecule has 4 nitrogen and oxygen atoms in total. The van der Waals surface area contributed by atoms with E-state index in [1.165, 1.54) is 6.20 Å². The molecule has 0 bridgehead atoms. The van der Waals surface area contributed by atoms with Crippen LogP contribution in [0, 0.1) is 0 Å². The lowest BCUT2D eigenvalue weighted by molar-refractivity contribution is 0.0984. The fourth-order valence-electron chi connectivity index (χ4n) is 1.16. The molecule has 1 aliphatic carbocycles. The Labute approximate surface area is 62.5 Å². The van der Waals surface area contributed by atoms with E-state index in [2.05, 4.69) is 10.2 Å². The number of nitrogens with zero attached hydrogens (tertiary/aromatic N) is 1. The molecule has 0 amide bonds. The van der Waals surface area contributed by atoms with Crippen molar-refractivity contribution in [2.24, 2.45) is 0 Å². The molecule has 0 saturated heterocycles. The summed E-state index contributed by atoms with van der Waals surface area (Å²) >= 11 is 0. The number of aliphatic hydroxyl groups is 1. The minimum atomic E-state index is -0.341. The lowest BCUT2D eigenvalue weighted by Gasteiger charge is -1.89. The minimum absolute atomic E-state index is 0.173. The maximum Gasteiger partial charge on any atom is 0.231 e. The van der Waals surface area contributed by atoms with Crippen LogP contribution in [-0.4, -0.2) is 21.1 Å². The molecule has 0 aliphatic heterocycles. The Morgan fingerprint density at radius 3 is 3.00 bits per heavy atom. The maximum atomic E-state index is 11.1. The molecule has 0 aromatic carbocycles. The van der Waals surface area contributed by atoms with Crippen LogP contribution in [0.15, 0.2) is 12.0 Å². The van der Waals surface area contributed by atoms with Crippen LogP contribution < -0.4 is 0 Å². The van der Waals surface area contributed by atoms with Gasteiger partial charge in [-0.15, -0.1) is 0 Å². The maximum absolute atomic E-state index is 11.1. The van der Waals surface area contributed by atoms with Crippen molar-refractivity contribution in [2.75, 3.05) is 0 Å². The van der Waals surface area contributed by atoms with Crippen LogP contribution in [0.1, 0.15) is 23.0 Å². The molecular weight excluding hydrogens is 144 g/mol. The zero-order chi connectivity index (χ0) is 8.01. The molecule has 0 radical (unpaired) electrons. The SMILES string of the molecule is CC1=C(O)C(=O)c2cn[nH]c21. The first-order valence-electron chi connectivity index (χ1n) is 3.20. The predicted octanol–water partition coefficient (Wildman–Crippen LogP) is 0.895. The molecule has 1 aliphatic rings. The molecule has 0 spiro atoms. The third kappa shape index (κ3) is 0.582. The Kier molecular flexibility index (Phi) is 0.961. The number of fused-ring (bicyclic) bond motifs is 1. The summed E-state index contributed by atoms with van der Waals surface area (Å²) in [5.41, 5.74) is 1.66. The Morgan fingerprint density at radius 1 is 1.64 bits per heavy atom. The molecule has 2 rings (SSSR count). The highest BCUT2D eigenvalue weighted by atomic mass is 16.3. The lowest BCUT2D eigenvalue weighted by atomic mass is 10.2. The monoisotopic (exact) mass is 150 g/mol. The average molecular weight is 150 g/mol. The molecule has 0 fully saturated rings. The van der Waals surface area contributed by atoms with Gasteiger partial charge in [0, 0.05) is 5.57 Å². The normalized spacial score (nSPS) is 15.9. The van der Waals surface area contributed by atoms with Crippen LogP contribution in [0.5, 0.6) is 0 Å². The summed E-state index contributed by atoms with van der Waals surface area (Å²) in [4.78, 5) is 11.1. The number of hydrogen-bond acceptors (Lipinski definition) is 3. The second-order valence-corrected chi connectivity index (χ2v) is 2.46. The highest BCUT2D eigenvalue weighted by molar-refractivity contribution is 6.18. The predicted molar refractivity (Wildman–Crippen MR) is 38.1 cm³/mol. The van der Waals surface area contributed by atoms with Gasteiger partial charge in [-0.2, -0.15) is 5.10 Å². The van der Waals surface area contributed by atoms with Crippen molar-refractivity contribution in [3.05, 3.63) is 23.2 Å². The van der Waals surface area contributed by atoms with Crippen LogP contribution in [-0.2, 0) is 0 Å². The number of carbonyl (C=O) groups is 1. The summed E-state index contributed by atoms with van der Waals surface area (Å²) in [6, 6.07) is 0. The van der Waals surface area contributed by atoms with Crippen molar-refractivity contribution >= 4 is 11.4 Å². The second kappa shape index (κ2) is 1.72. The van der Waals surface area contributed by atoms with Gasteiger partial charge in [0.1, 0.15) is 0 Å². The number of ketones is 1. The zero-order valence-corrected chi connectivity index (χ0v) is 5.88. The van der Waals surface area contributed by atoms with E-state index in [0.29, 0.717) is 16.8 Å². The van der Waals surface area contributed by atoms with Gasteiger partial charge < -0.3 is 5.11 Å². The first kappa shape index (κ1) is 6.15. The number of nitrogens with one attached hydrogen (secondary N) is 1. The van der Waals surface area contributed by atoms with Gasteiger partial charge in [0.2, 0.25) is 5.78 Å². The lowest BCUT2D eigenvalue weighted by Crippen LogP contribution is -1.95. The minimum Gasteiger partial charge on any atom is -0.504 e. The second-order valence-electron chi connectivity index (χ2n) is 2.46. The molecular formula is C7H6N2O2. The van der Waals surface area contributed by atoms with E-state index in [9.17, 15) is 4.79 Å². The third-order valence-corrected chi connectivity index (χ3v) is 1.83. The van der Waals surface area contributed by atoms with Crippen molar-refractivity contribution in [1.29, 1.82) is 0 Å². The van der Waals surface area contributed by atoms with Gasteiger partial charge in [0.05, 0.1) is 17.5 Å². The zero-order valence-electron chi connectivity index (χ0n) is 5.88. The van der Waals surface area contributed by atoms with Crippen molar-refractivity contribution in [3.8, 4) is 0 Å². The van der Waals surface area contributed by atoms with Crippen LogP contribution in [0.25, 0.3) is 5.57 Å². The Balaban J connectivity index is 2.73. The molecule has 0 unspecified atom stereocenters. The number of aliphatic hydroxyl groups excluding tert-OH is 1. The Hall–Kier alpha value is -1.58. The van der Waals surface area contributed by atoms with Gasteiger partial charge >= 0.3 is 0 Å². The standard InChI is InChI=1S/C7H6N2O2/c1-3-5-4(2-8-9-5)7(11)6(3)10/h2H,1H3,(H,8,9)(H,10,11). The summed E-state index contributed by atoms with van der Waals surface area (Å²) in [5.74, 6) is -0.514. The molecule has 1 aromatic heterocycles. The van der Waals surface area contributed by atoms with Crippen LogP contribution in [0.3, 0.4) is 0 Å². The van der Waals surface area contributed by atoms with Gasteiger partial charge in [0.15, 0.2) is 5.76 Å². The van der Waals surface area contributed by atoms with Crippen molar-refractivity contribution in [1.82, 2.24) is 10.2 Å². The van der Waals surface area contributed by atoms with Gasteiger partial charge in [0.25, 0.3) is 0 Å². The van der Waals surface area contributed by atoms with Gasteiger partial charge in [-0.05, 0) is 6.92 Å². The van der Waals surface area contributed by atoms with Gasteiger partial charge in [-0.1, -0.05) is 0 Å². The highest BCUT2D eigenvalue weighted by Crippen LogP contribution is 2.28. The number of rotatable bonds is 0. The quantitative estimate of drug-likeness (QED) is 0.577. The number of carbonyl (C=O) groups excluding carboxylic acids is 1. The van der Waals surface area contributed by atoms with Crippen molar-refractivity contribution in [2.45, 2.75) is 6.92 Å². The average Bonchev–Trinajstić information content (AvgIpc) is 2.53. The number of aromatic amines is 1. The smallest absolute Gasteiger partial charge is 0.231 e. The number of aromatic nitrogens is 2. The van der Waals surface area contributed by atoms with Crippen molar-refractivity contribution < 1.29 is 9.90 Å². The summed E-state index contributed by atoms with van der Waals surface area (Å²) in [7, 11) is 0. The number of allylic oxidation sites excluding steroid dienone is 2. The van der Waals surface area contributed by atoms with E-state index >= 15 is 0 Å². The van der Waals surface area contributed by atoms with Crippen LogP contribution in [0.4, 0.5) is 0 Å². The summed E-state index contributed by atoms with van der Waals surface area (Å²) in [5, 5.41) is 15.5. The molecule has 56 valence electrons. The largest absolute Gasteiger partial charge is 0.504 e. The van der Waals surface area contributed by atoms with E-state index in [1.807, 2.05) is 0 Å². The summed E-state index contributed by atoms with van der Waals surface area (Å²) < 4.78 is 0. The van der Waals surface area contributed by atoms with Crippen LogP contribution >= 0.6 is 0 Å². The van der Waals surface area contributed by atoms with E-state index in [0.717, 1.165) is 0 Å². The summed E-state index contributed by atoms with van der Waals surface area (Å²) in [6.07, 6.45) is 1.42. The molecule has 11 heavy (non-hydrogen) atoms. The highest BCUT2D eigenvalue weighted by Gasteiger charge is 2.28. The van der Waals surface area contributed by atoms with Gasteiger partial charge in [-0.3, -0.25) is 9.89 Å². The number of Topliss-reactive ketones (excluding diaryl/α,β-unsaturated/α-hetero) is 1.